The predicted molar refractivity (Wildman–Crippen MR) is 125 cm³/mol. The number of pyridine rings is 1. The third-order valence-corrected chi connectivity index (χ3v) is 4.72. The SMILES string of the molecule is C1CCOC1.C1COCCOCCOCCOCCOCCO1.[K+].[O-]c1cccc2ccc[nH+]c12. The van der Waals surface area contributed by atoms with Gasteiger partial charge in [-0.2, -0.15) is 0 Å². The first kappa shape index (κ1) is 32.8. The van der Waals surface area contributed by atoms with Crippen LogP contribution < -0.4 is 61.5 Å². The van der Waals surface area contributed by atoms with E-state index >= 15 is 0 Å². The second kappa shape index (κ2) is 24.1. The third kappa shape index (κ3) is 17.8. The van der Waals surface area contributed by atoms with E-state index < -0.39 is 0 Å². The summed E-state index contributed by atoms with van der Waals surface area (Å²) in [5.41, 5.74) is 0.676. The minimum absolute atomic E-state index is 0. The van der Waals surface area contributed by atoms with E-state index in [1.54, 1.807) is 18.3 Å². The van der Waals surface area contributed by atoms with Gasteiger partial charge >= 0.3 is 51.4 Å². The maximum absolute atomic E-state index is 11.1. The molecule has 0 aliphatic carbocycles. The normalized spacial score (nSPS) is 19.0. The Hall–Kier alpha value is -0.214. The van der Waals surface area contributed by atoms with E-state index in [9.17, 15) is 5.11 Å². The first-order valence-electron chi connectivity index (χ1n) is 12.0. The van der Waals surface area contributed by atoms with Gasteiger partial charge in [0.05, 0.1) is 79.3 Å². The summed E-state index contributed by atoms with van der Waals surface area (Å²) in [5, 5.41) is 12.1. The molecular weight excluding hydrogens is 481 g/mol. The quantitative estimate of drug-likeness (QED) is 0.392. The van der Waals surface area contributed by atoms with Crippen molar-refractivity contribution in [3.05, 3.63) is 36.5 Å². The van der Waals surface area contributed by atoms with E-state index in [0.717, 1.165) is 18.6 Å². The number of nitrogens with one attached hydrogen (secondary N) is 1. The Morgan fingerprint density at radius 1 is 0.514 bits per heavy atom. The van der Waals surface area contributed by atoms with Crippen LogP contribution in [0.4, 0.5) is 0 Å². The molecule has 0 bridgehead atoms. The van der Waals surface area contributed by atoms with Crippen LogP contribution in [0.1, 0.15) is 12.8 Å². The van der Waals surface area contributed by atoms with E-state index in [1.807, 2.05) is 18.2 Å². The summed E-state index contributed by atoms with van der Waals surface area (Å²) in [6.07, 6.45) is 4.31. The van der Waals surface area contributed by atoms with Crippen LogP contribution in [-0.2, 0) is 33.2 Å². The van der Waals surface area contributed by atoms with Crippen molar-refractivity contribution in [3.8, 4) is 5.75 Å². The van der Waals surface area contributed by atoms with Gasteiger partial charge in [-0.15, -0.1) is 0 Å². The van der Waals surface area contributed by atoms with Crippen molar-refractivity contribution in [1.82, 2.24) is 0 Å². The molecule has 2 saturated heterocycles. The fourth-order valence-electron chi connectivity index (χ4n) is 2.95. The maximum Gasteiger partial charge on any atom is 1.00 e. The van der Waals surface area contributed by atoms with Crippen molar-refractivity contribution in [2.24, 2.45) is 0 Å². The van der Waals surface area contributed by atoms with Gasteiger partial charge in [0.1, 0.15) is 0 Å². The van der Waals surface area contributed by atoms with Gasteiger partial charge in [-0.05, 0) is 30.7 Å². The average Bonchev–Trinajstić information content (AvgIpc) is 3.46. The third-order valence-electron chi connectivity index (χ3n) is 4.72. The number of H-pyrrole nitrogens is 1. The van der Waals surface area contributed by atoms with Gasteiger partial charge in [0.2, 0.25) is 5.52 Å². The number of fused-ring (bicyclic) bond motifs is 1. The molecule has 0 saturated carbocycles. The Kier molecular flexibility index (Phi) is 22.6. The fourth-order valence-corrected chi connectivity index (χ4v) is 2.95. The Labute approximate surface area is 251 Å². The number of para-hydroxylation sites is 1. The number of rotatable bonds is 0. The van der Waals surface area contributed by atoms with Gasteiger partial charge in [-0.1, -0.05) is 12.1 Å². The molecule has 0 radical (unpaired) electrons. The second-order valence-corrected chi connectivity index (χ2v) is 7.38. The Morgan fingerprint density at radius 3 is 1.23 bits per heavy atom. The molecule has 1 aromatic carbocycles. The molecule has 2 aliphatic rings. The van der Waals surface area contributed by atoms with E-state index in [-0.39, 0.29) is 57.1 Å². The Morgan fingerprint density at radius 2 is 0.886 bits per heavy atom. The fraction of sp³-hybridized carbons (Fsp3) is 0.640. The summed E-state index contributed by atoms with van der Waals surface area (Å²) < 4.78 is 36.9. The molecule has 9 nitrogen and oxygen atoms in total. The maximum atomic E-state index is 11.1. The number of aromatic nitrogens is 1. The summed E-state index contributed by atoms with van der Waals surface area (Å²) in [5.74, 6) is 0.0445. The molecule has 0 amide bonds. The van der Waals surface area contributed by atoms with Crippen molar-refractivity contribution in [1.29, 1.82) is 0 Å². The van der Waals surface area contributed by atoms with E-state index in [2.05, 4.69) is 4.98 Å². The molecule has 1 aromatic heterocycles. The number of benzene rings is 1. The topological polar surface area (TPSA) is 102 Å². The van der Waals surface area contributed by atoms with Crippen LogP contribution in [0, 0.1) is 0 Å². The molecule has 2 aromatic rings. The largest absolute Gasteiger partial charge is 1.00 e. The minimum atomic E-state index is 0. The first-order chi connectivity index (χ1) is 16.9. The predicted octanol–water partition coefficient (Wildman–Crippen LogP) is -1.37. The molecule has 10 heteroatoms. The van der Waals surface area contributed by atoms with Crippen molar-refractivity contribution >= 4 is 10.9 Å². The van der Waals surface area contributed by atoms with Gasteiger partial charge in [-0.3, -0.25) is 0 Å². The van der Waals surface area contributed by atoms with Gasteiger partial charge < -0.3 is 38.3 Å². The van der Waals surface area contributed by atoms with Crippen LogP contribution in [0.5, 0.6) is 5.75 Å². The smallest absolute Gasteiger partial charge is 0.868 e. The molecule has 0 atom stereocenters. The number of ether oxygens (including phenoxy) is 7. The molecule has 192 valence electrons. The van der Waals surface area contributed by atoms with Gasteiger partial charge in [0.15, 0.2) is 6.20 Å². The summed E-state index contributed by atoms with van der Waals surface area (Å²) in [4.78, 5) is 2.91. The van der Waals surface area contributed by atoms with E-state index in [0.29, 0.717) is 84.8 Å². The Bertz CT molecular complexity index is 648. The second-order valence-electron chi connectivity index (χ2n) is 7.38. The number of hydrogen-bond acceptors (Lipinski definition) is 8. The molecule has 0 spiro atoms. The van der Waals surface area contributed by atoms with Crippen LogP contribution in [0.2, 0.25) is 0 Å². The molecule has 4 rings (SSSR count). The van der Waals surface area contributed by atoms with Crippen LogP contribution >= 0.6 is 0 Å². The van der Waals surface area contributed by atoms with Crippen LogP contribution in [-0.4, -0.2) is 92.5 Å². The van der Waals surface area contributed by atoms with Crippen molar-refractivity contribution in [2.45, 2.75) is 12.8 Å². The molecule has 2 aliphatic heterocycles. The number of aromatic amines is 1. The van der Waals surface area contributed by atoms with Crippen LogP contribution in [0.25, 0.3) is 10.9 Å². The van der Waals surface area contributed by atoms with Gasteiger partial charge in [-0.25, -0.2) is 4.98 Å². The van der Waals surface area contributed by atoms with Gasteiger partial charge in [0.25, 0.3) is 0 Å². The summed E-state index contributed by atoms with van der Waals surface area (Å²) in [7, 11) is 0. The number of hydrogen-bond donors (Lipinski definition) is 0. The zero-order chi connectivity index (χ0) is 23.9. The molecule has 35 heavy (non-hydrogen) atoms. The zero-order valence-electron chi connectivity index (χ0n) is 21.0. The van der Waals surface area contributed by atoms with Crippen molar-refractivity contribution in [2.75, 3.05) is 92.5 Å². The minimum Gasteiger partial charge on any atom is -0.868 e. The van der Waals surface area contributed by atoms with Crippen LogP contribution in [0.3, 0.4) is 0 Å². The zero-order valence-corrected chi connectivity index (χ0v) is 24.2. The molecule has 1 N–H and O–H groups in total. The summed E-state index contributed by atoms with van der Waals surface area (Å²) in [6, 6.07) is 9.01. The first-order valence-corrected chi connectivity index (χ1v) is 12.0. The summed E-state index contributed by atoms with van der Waals surface area (Å²) >= 11 is 0. The van der Waals surface area contributed by atoms with Crippen LogP contribution in [0.15, 0.2) is 36.5 Å². The van der Waals surface area contributed by atoms with Crippen molar-refractivity contribution in [3.63, 3.8) is 0 Å². The molecule has 2 fully saturated rings. The average molecular weight is 521 g/mol. The molecule has 0 unspecified atom stereocenters. The van der Waals surface area contributed by atoms with E-state index in [1.165, 1.54) is 12.8 Å². The molecule has 3 heterocycles. The monoisotopic (exact) mass is 520 g/mol. The standard InChI is InChI=1S/C12H24O6.C9H7NO.C4H8O.K/c1-2-14-5-6-16-9-10-18-12-11-17-8-7-15-4-3-13-1;11-8-5-1-3-7-4-2-6-10-9(7)8;1-2-4-5-3-1;/h1-12H2;1-6,11H;1-4H2;/q;;;+1. The molecular formula is C25H39KNO8+. The summed E-state index contributed by atoms with van der Waals surface area (Å²) in [6.45, 7) is 9.04. The van der Waals surface area contributed by atoms with Gasteiger partial charge in [0, 0.05) is 24.7 Å². The van der Waals surface area contributed by atoms with E-state index in [4.69, 9.17) is 33.2 Å². The Balaban J connectivity index is 0.000000302. The van der Waals surface area contributed by atoms with Crippen molar-refractivity contribution < 1.29 is 94.6 Å².